The highest BCUT2D eigenvalue weighted by Crippen LogP contribution is 2.29. The van der Waals surface area contributed by atoms with Crippen LogP contribution in [-0.4, -0.2) is 42.0 Å². The smallest absolute Gasteiger partial charge is 0.326 e. The molecule has 0 bridgehead atoms. The van der Waals surface area contributed by atoms with E-state index in [0.29, 0.717) is 16.8 Å². The van der Waals surface area contributed by atoms with Crippen LogP contribution in [0.3, 0.4) is 0 Å². The van der Waals surface area contributed by atoms with Gasteiger partial charge in [-0.25, -0.2) is 0 Å². The van der Waals surface area contributed by atoms with E-state index < -0.39 is 17.4 Å². The van der Waals surface area contributed by atoms with E-state index in [1.165, 1.54) is 12.8 Å². The highest BCUT2D eigenvalue weighted by atomic mass is 79.9. The van der Waals surface area contributed by atoms with Crippen molar-refractivity contribution in [3.8, 4) is 0 Å². The number of carbonyl (C=O) groups excluding carboxylic acids is 2. The SMILES string of the molecule is CN(C1CCCC1)C(C)(C)C(=O)OCC(=O)Nc1ccc(Br)cc1Cl. The number of hydrogen-bond donors (Lipinski definition) is 1. The number of ether oxygens (including phenoxy) is 1. The van der Waals surface area contributed by atoms with Gasteiger partial charge in [0, 0.05) is 10.5 Å². The number of nitrogens with one attached hydrogen (secondary N) is 1. The third-order valence-electron chi connectivity index (χ3n) is 4.79. The molecule has 0 heterocycles. The van der Waals surface area contributed by atoms with E-state index in [-0.39, 0.29) is 6.61 Å². The maximum Gasteiger partial charge on any atom is 0.326 e. The average Bonchev–Trinajstić information content (AvgIpc) is 3.08. The number of carbonyl (C=O) groups is 2. The summed E-state index contributed by atoms with van der Waals surface area (Å²) in [5, 5.41) is 3.06. The molecule has 0 aliphatic heterocycles. The molecule has 0 radical (unpaired) electrons. The number of anilines is 1. The molecule has 1 fully saturated rings. The van der Waals surface area contributed by atoms with Crippen LogP contribution < -0.4 is 5.32 Å². The fourth-order valence-corrected chi connectivity index (χ4v) is 3.70. The Labute approximate surface area is 162 Å². The zero-order chi connectivity index (χ0) is 18.6. The van der Waals surface area contributed by atoms with Crippen LogP contribution in [0.15, 0.2) is 22.7 Å². The van der Waals surface area contributed by atoms with Crippen molar-refractivity contribution < 1.29 is 14.3 Å². The number of nitrogens with zero attached hydrogens (tertiary/aromatic N) is 1. The lowest BCUT2D eigenvalue weighted by atomic mass is 10.0. The van der Waals surface area contributed by atoms with Crippen LogP contribution in [0.1, 0.15) is 39.5 Å². The molecule has 1 aliphatic carbocycles. The molecule has 1 N–H and O–H groups in total. The Kier molecular flexibility index (Phi) is 6.88. The van der Waals surface area contributed by atoms with Gasteiger partial charge in [-0.3, -0.25) is 14.5 Å². The van der Waals surface area contributed by atoms with E-state index in [0.717, 1.165) is 17.3 Å². The Morgan fingerprint density at radius 3 is 2.60 bits per heavy atom. The van der Waals surface area contributed by atoms with Crippen molar-refractivity contribution in [2.75, 3.05) is 19.0 Å². The third-order valence-corrected chi connectivity index (χ3v) is 5.60. The van der Waals surface area contributed by atoms with Gasteiger partial charge in [-0.05, 0) is 51.9 Å². The van der Waals surface area contributed by atoms with Gasteiger partial charge in [0.05, 0.1) is 10.7 Å². The van der Waals surface area contributed by atoms with Crippen molar-refractivity contribution in [3.63, 3.8) is 0 Å². The molecule has 1 saturated carbocycles. The predicted octanol–water partition coefficient (Wildman–Crippen LogP) is 4.24. The molecular formula is C18H24BrClN2O3. The van der Waals surface area contributed by atoms with Crippen LogP contribution in [0.4, 0.5) is 5.69 Å². The number of benzene rings is 1. The van der Waals surface area contributed by atoms with Gasteiger partial charge < -0.3 is 10.1 Å². The summed E-state index contributed by atoms with van der Waals surface area (Å²) in [6.45, 7) is 3.32. The molecule has 1 amide bonds. The number of likely N-dealkylation sites (N-methyl/N-ethyl adjacent to an activating group) is 1. The second kappa shape index (κ2) is 8.52. The van der Waals surface area contributed by atoms with Crippen molar-refractivity contribution in [2.45, 2.75) is 51.1 Å². The molecule has 1 aliphatic rings. The summed E-state index contributed by atoms with van der Waals surface area (Å²) in [5.74, 6) is -0.823. The van der Waals surface area contributed by atoms with Gasteiger partial charge in [0.15, 0.2) is 6.61 Å². The first-order valence-corrected chi connectivity index (χ1v) is 9.54. The van der Waals surface area contributed by atoms with Gasteiger partial charge in [0.25, 0.3) is 5.91 Å². The summed E-state index contributed by atoms with van der Waals surface area (Å²) < 4.78 is 6.06. The van der Waals surface area contributed by atoms with Crippen molar-refractivity contribution in [2.24, 2.45) is 0 Å². The normalized spacial score (nSPS) is 15.4. The summed E-state index contributed by atoms with van der Waals surface area (Å²) >= 11 is 9.37. The second-order valence-corrected chi connectivity index (χ2v) is 8.18. The number of hydrogen-bond acceptors (Lipinski definition) is 4. The highest BCUT2D eigenvalue weighted by Gasteiger charge is 2.38. The Balaban J connectivity index is 1.88. The quantitative estimate of drug-likeness (QED) is 0.685. The van der Waals surface area contributed by atoms with Gasteiger partial charge >= 0.3 is 5.97 Å². The van der Waals surface area contributed by atoms with E-state index in [1.54, 1.807) is 18.2 Å². The molecule has 7 heteroatoms. The fraction of sp³-hybridized carbons (Fsp3) is 0.556. The molecule has 0 unspecified atom stereocenters. The van der Waals surface area contributed by atoms with Gasteiger partial charge in [-0.15, -0.1) is 0 Å². The number of esters is 1. The number of rotatable bonds is 6. The van der Waals surface area contributed by atoms with Crippen molar-refractivity contribution in [3.05, 3.63) is 27.7 Å². The summed E-state index contributed by atoms with van der Waals surface area (Å²) in [6.07, 6.45) is 4.57. The first-order chi connectivity index (χ1) is 11.7. The minimum Gasteiger partial charge on any atom is -0.454 e. The van der Waals surface area contributed by atoms with Crippen molar-refractivity contribution >= 4 is 45.1 Å². The maximum atomic E-state index is 12.5. The molecular weight excluding hydrogens is 408 g/mol. The Morgan fingerprint density at radius 2 is 2.00 bits per heavy atom. The van der Waals surface area contributed by atoms with Crippen LogP contribution >= 0.6 is 27.5 Å². The predicted molar refractivity (Wildman–Crippen MR) is 103 cm³/mol. The second-order valence-electron chi connectivity index (χ2n) is 6.86. The zero-order valence-electron chi connectivity index (χ0n) is 14.8. The monoisotopic (exact) mass is 430 g/mol. The first-order valence-electron chi connectivity index (χ1n) is 8.37. The summed E-state index contributed by atoms with van der Waals surface area (Å²) in [5.41, 5.74) is -0.293. The van der Waals surface area contributed by atoms with Gasteiger partial charge in [-0.1, -0.05) is 40.4 Å². The van der Waals surface area contributed by atoms with Crippen LogP contribution in [0, 0.1) is 0 Å². The standard InChI is InChI=1S/C18H24BrClN2O3/c1-18(2,22(3)13-6-4-5-7-13)17(24)25-11-16(23)21-15-9-8-12(19)10-14(15)20/h8-10,13H,4-7,11H2,1-3H3,(H,21,23). The van der Waals surface area contributed by atoms with Crippen molar-refractivity contribution in [1.82, 2.24) is 4.90 Å². The van der Waals surface area contributed by atoms with Gasteiger partial charge in [-0.2, -0.15) is 0 Å². The fourth-order valence-electron chi connectivity index (χ4n) is 2.98. The lowest BCUT2D eigenvalue weighted by molar-refractivity contribution is -0.159. The minimum absolute atomic E-state index is 0.340. The molecule has 0 saturated heterocycles. The number of amides is 1. The Bertz CT molecular complexity index is 645. The van der Waals surface area contributed by atoms with Crippen molar-refractivity contribution in [1.29, 1.82) is 0 Å². The zero-order valence-corrected chi connectivity index (χ0v) is 17.1. The Morgan fingerprint density at radius 1 is 1.36 bits per heavy atom. The molecule has 2 rings (SSSR count). The van der Waals surface area contributed by atoms with Crippen LogP contribution in [0.5, 0.6) is 0 Å². The van der Waals surface area contributed by atoms with Crippen LogP contribution in [0.25, 0.3) is 0 Å². The molecule has 1 aromatic carbocycles. The van der Waals surface area contributed by atoms with Gasteiger partial charge in [0.2, 0.25) is 0 Å². The van der Waals surface area contributed by atoms with E-state index in [2.05, 4.69) is 26.1 Å². The highest BCUT2D eigenvalue weighted by molar-refractivity contribution is 9.10. The molecule has 0 atom stereocenters. The topological polar surface area (TPSA) is 58.6 Å². The number of halogens is 2. The molecule has 138 valence electrons. The molecule has 25 heavy (non-hydrogen) atoms. The van der Waals surface area contributed by atoms with E-state index in [4.69, 9.17) is 16.3 Å². The van der Waals surface area contributed by atoms with Crippen LogP contribution in [-0.2, 0) is 14.3 Å². The van der Waals surface area contributed by atoms with E-state index in [9.17, 15) is 9.59 Å². The lowest BCUT2D eigenvalue weighted by Crippen LogP contribution is -2.53. The maximum absolute atomic E-state index is 12.5. The average molecular weight is 432 g/mol. The van der Waals surface area contributed by atoms with Crippen LogP contribution in [0.2, 0.25) is 5.02 Å². The lowest BCUT2D eigenvalue weighted by Gasteiger charge is -2.37. The Hall–Kier alpha value is -1.11. The minimum atomic E-state index is -0.773. The third kappa shape index (κ3) is 5.19. The molecule has 0 spiro atoms. The van der Waals surface area contributed by atoms with Gasteiger partial charge in [0.1, 0.15) is 5.54 Å². The molecule has 5 nitrogen and oxygen atoms in total. The van der Waals surface area contributed by atoms with E-state index in [1.807, 2.05) is 20.9 Å². The largest absolute Gasteiger partial charge is 0.454 e. The molecule has 0 aromatic heterocycles. The van der Waals surface area contributed by atoms with E-state index >= 15 is 0 Å². The summed E-state index contributed by atoms with van der Waals surface area (Å²) in [6, 6.07) is 5.53. The molecule has 1 aromatic rings. The summed E-state index contributed by atoms with van der Waals surface area (Å²) in [4.78, 5) is 26.6. The summed E-state index contributed by atoms with van der Waals surface area (Å²) in [7, 11) is 1.94. The first kappa shape index (κ1) is 20.2.